The third-order valence-corrected chi connectivity index (χ3v) is 19.6. The van der Waals surface area contributed by atoms with Gasteiger partial charge in [0.15, 0.2) is 12.2 Å². The van der Waals surface area contributed by atoms with Crippen molar-refractivity contribution in [3.63, 3.8) is 0 Å². The summed E-state index contributed by atoms with van der Waals surface area (Å²) in [6, 6.07) is -21.9. The first-order valence-electron chi connectivity index (χ1n) is 37.3. The minimum atomic E-state index is -2.79. The molecule has 112 heavy (non-hydrogen) atoms. The lowest BCUT2D eigenvalue weighted by Gasteiger charge is -2.37. The molecule has 0 spiro atoms. The molecular weight excluding hydrogens is 1470 g/mol. The van der Waals surface area contributed by atoms with Crippen molar-refractivity contribution in [2.75, 3.05) is 34.3 Å². The number of esters is 1. The summed E-state index contributed by atoms with van der Waals surface area (Å²) < 4.78 is 11.1. The van der Waals surface area contributed by atoms with Gasteiger partial charge in [-0.05, 0) is 102 Å². The molecule has 1 fully saturated rings. The van der Waals surface area contributed by atoms with Crippen molar-refractivity contribution < 1.29 is 117 Å². The molecule has 1 heterocycles. The predicted molar refractivity (Wildman–Crippen MR) is 400 cm³/mol. The van der Waals surface area contributed by atoms with Gasteiger partial charge in [-0.2, -0.15) is 0 Å². The molecule has 0 aliphatic carbocycles. The number of amides is 16. The molecule has 1 saturated heterocycles. The summed E-state index contributed by atoms with van der Waals surface area (Å²) in [6.07, 6.45) is -14.6. The van der Waals surface area contributed by atoms with Gasteiger partial charge in [-0.15, -0.1) is 0 Å². The Morgan fingerprint density at radius 3 is 1.64 bits per heavy atom. The lowest BCUT2D eigenvalue weighted by Crippen LogP contribution is -2.66. The van der Waals surface area contributed by atoms with Crippen molar-refractivity contribution in [2.45, 2.75) is 270 Å². The van der Waals surface area contributed by atoms with E-state index in [0.717, 1.165) is 67.1 Å². The number of nitrogens with zero attached hydrogens (tertiary/aromatic N) is 2. The number of aliphatic hydroxyl groups excluding tert-OH is 4. The number of aliphatic hydroxyl groups is 5. The number of cyclic esters (lactones) is 1. The fraction of sp³-hybridized carbons (Fsp3) is 0.761. The summed E-state index contributed by atoms with van der Waals surface area (Å²) in [5.74, 6) is -26.5. The van der Waals surface area contributed by atoms with Crippen molar-refractivity contribution in [1.82, 2.24) is 63.0 Å². The van der Waals surface area contributed by atoms with Gasteiger partial charge < -0.3 is 127 Å². The van der Waals surface area contributed by atoms with Crippen LogP contribution in [0.2, 0.25) is 0 Å². The average Bonchev–Trinajstić information content (AvgIpc) is 0.865. The van der Waals surface area contributed by atoms with Crippen LogP contribution in [0.1, 0.15) is 162 Å². The molecule has 22 atom stereocenters. The number of nitrogens with two attached hydrogens (primary N) is 5. The van der Waals surface area contributed by atoms with E-state index in [0.29, 0.717) is 11.3 Å². The highest BCUT2D eigenvalue weighted by molar-refractivity contribution is 6.02. The first-order chi connectivity index (χ1) is 51.7. The number of methoxy groups -OCH3 is 1. The number of carbonyl (C=O) groups is 17. The van der Waals surface area contributed by atoms with Crippen LogP contribution in [0.3, 0.4) is 0 Å². The smallest absolute Gasteiger partial charge is 0.329 e. The second-order valence-corrected chi connectivity index (χ2v) is 30.5. The zero-order chi connectivity index (χ0) is 86.6. The number of hydrogen-bond acceptors (Lipinski definition) is 25. The van der Waals surface area contributed by atoms with Crippen LogP contribution in [-0.2, 0) is 91.0 Å². The number of primary amides is 4. The molecular formula is C71H125N17O24. The van der Waals surface area contributed by atoms with Crippen LogP contribution in [0.25, 0.3) is 0 Å². The van der Waals surface area contributed by atoms with Crippen molar-refractivity contribution >= 4 is 100 Å². The van der Waals surface area contributed by atoms with Crippen LogP contribution < -0.4 is 81.8 Å². The third kappa shape index (κ3) is 31.4. The molecule has 0 aromatic carbocycles. The van der Waals surface area contributed by atoms with Crippen molar-refractivity contribution in [1.29, 1.82) is 0 Å². The van der Waals surface area contributed by atoms with E-state index in [2.05, 4.69) is 53.2 Å². The van der Waals surface area contributed by atoms with E-state index in [9.17, 15) is 97.5 Å². The largest absolute Gasteiger partial charge is 0.458 e. The second kappa shape index (κ2) is 46.6. The Hall–Kier alpha value is -9.29. The van der Waals surface area contributed by atoms with Gasteiger partial charge in [0.2, 0.25) is 88.6 Å². The molecule has 1 aliphatic heterocycles. The third-order valence-electron chi connectivity index (χ3n) is 19.6. The summed E-state index contributed by atoms with van der Waals surface area (Å²) in [7, 11) is 2.98. The van der Waals surface area contributed by atoms with Gasteiger partial charge in [0.05, 0.1) is 36.2 Å². The zero-order valence-electron chi connectivity index (χ0n) is 67.4. The van der Waals surface area contributed by atoms with Crippen molar-refractivity contribution in [3.05, 3.63) is 0 Å². The van der Waals surface area contributed by atoms with Crippen molar-refractivity contribution in [3.8, 4) is 0 Å². The van der Waals surface area contributed by atoms with E-state index >= 15 is 9.59 Å². The average molecular weight is 1600 g/mol. The zero-order valence-corrected chi connectivity index (χ0v) is 67.4. The highest BCUT2D eigenvalue weighted by Gasteiger charge is 2.48. The monoisotopic (exact) mass is 1600 g/mol. The first kappa shape index (κ1) is 101. The van der Waals surface area contributed by atoms with Crippen LogP contribution in [0.5, 0.6) is 0 Å². The molecule has 25 N–H and O–H groups in total. The van der Waals surface area contributed by atoms with Crippen LogP contribution >= 0.6 is 0 Å². The second-order valence-electron chi connectivity index (χ2n) is 30.5. The lowest BCUT2D eigenvalue weighted by molar-refractivity contribution is -0.162. The Kier molecular flexibility index (Phi) is 41.9. The SMILES string of the molecule is CCC(C)CC(C)[C@@H](O)[C@@H](C)C(=O)N[C@H](CNC(C)=O)C(=O)N[C@@H]([C@H](O)C(O)C(=O)N[C@H](C(=O)NC1C(=O)NC([C@@H](C)O)C(=O)N[C@H](CCCN)C(=O)NC(CC(C)C)C(=O)N(C)[C@@H](CCC(N)=O)C(=O)NC(C(OC)C(N)=O)C(=O)NC(CC(N)=O)C(=O)N(C)[C@@H](CC(C)C)C(=O)OC1C)[C@@H](C)[C@@H](C)C(N)=O)C(C)(C)O. The minimum Gasteiger partial charge on any atom is -0.458 e. The van der Waals surface area contributed by atoms with E-state index in [1.807, 2.05) is 13.8 Å². The lowest BCUT2D eigenvalue weighted by atomic mass is 9.85. The van der Waals surface area contributed by atoms with Crippen LogP contribution in [0.15, 0.2) is 0 Å². The highest BCUT2D eigenvalue weighted by atomic mass is 16.5. The summed E-state index contributed by atoms with van der Waals surface area (Å²) in [4.78, 5) is 241. The predicted octanol–water partition coefficient (Wildman–Crippen LogP) is -7.74. The fourth-order valence-electron chi connectivity index (χ4n) is 12.3. The summed E-state index contributed by atoms with van der Waals surface area (Å²) in [5, 5.41) is 80.9. The van der Waals surface area contributed by atoms with Gasteiger partial charge in [0.1, 0.15) is 72.6 Å². The van der Waals surface area contributed by atoms with E-state index in [-0.39, 0.29) is 38.1 Å². The molecule has 0 aromatic heterocycles. The van der Waals surface area contributed by atoms with Gasteiger partial charge in [-0.3, -0.25) is 76.7 Å². The summed E-state index contributed by atoms with van der Waals surface area (Å²) >= 11 is 0. The summed E-state index contributed by atoms with van der Waals surface area (Å²) in [5.41, 5.74) is 26.0. The first-order valence-corrected chi connectivity index (χ1v) is 37.3. The maximum atomic E-state index is 15.2. The molecule has 0 saturated carbocycles. The van der Waals surface area contributed by atoms with Crippen LogP contribution in [0.4, 0.5) is 0 Å². The van der Waals surface area contributed by atoms with E-state index in [1.165, 1.54) is 20.8 Å². The highest BCUT2D eigenvalue weighted by Crippen LogP contribution is 2.25. The van der Waals surface area contributed by atoms with E-state index in [4.69, 9.17) is 38.1 Å². The number of rotatable bonds is 37. The molecule has 41 heteroatoms. The molecule has 638 valence electrons. The number of likely N-dealkylation sites (N-methyl/N-ethyl adjacent to an activating group) is 2. The number of carbonyl (C=O) groups excluding carboxylic acids is 17. The molecule has 1 rings (SSSR count). The molecule has 10 unspecified atom stereocenters. The number of hydrogen-bond donors (Lipinski definition) is 20. The normalized spacial score (nSPS) is 24.0. The topological polar surface area (TPSA) is 667 Å². The van der Waals surface area contributed by atoms with Crippen molar-refractivity contribution in [2.24, 2.45) is 70.1 Å². The Balaban J connectivity index is 4.54. The molecule has 0 bridgehead atoms. The Morgan fingerprint density at radius 1 is 0.616 bits per heavy atom. The molecule has 41 nitrogen and oxygen atoms in total. The maximum absolute atomic E-state index is 15.2. The molecule has 0 aromatic rings. The maximum Gasteiger partial charge on any atom is 0.329 e. The Bertz CT molecular complexity index is 3280. The van der Waals surface area contributed by atoms with Gasteiger partial charge in [-0.25, -0.2) is 4.79 Å². The number of nitrogens with one attached hydrogen (secondary N) is 10. The Labute approximate surface area is 652 Å². The molecule has 0 radical (unpaired) electrons. The van der Waals surface area contributed by atoms with Gasteiger partial charge in [-0.1, -0.05) is 75.7 Å². The van der Waals surface area contributed by atoms with E-state index < -0.39 is 270 Å². The van der Waals surface area contributed by atoms with Crippen LogP contribution in [-0.4, -0.2) is 279 Å². The van der Waals surface area contributed by atoms with Gasteiger partial charge >= 0.3 is 5.97 Å². The Morgan fingerprint density at radius 2 is 1.15 bits per heavy atom. The fourth-order valence-corrected chi connectivity index (χ4v) is 12.3. The minimum absolute atomic E-state index is 0.0199. The standard InChI is InChI=1S/C71H125N17O24/c1-19-32(6)27-33(7)52(93)36(10)59(98)81-43(29-77-39(13)90)61(100)86-56(71(14,15)110)53(94)54(95)67(106)82-48(34(8)35(9)57(75)96)63(102)84-50-38(12)112-70(109)45(26-31(4)5)88(17)69(108)42(28-47(74)92)80-66(105)51(55(111-18)58(76)97)85-62(101)44(22-23-46(73)91)87(16)68(107)41(25-30(2)3)79-60(99)40(21-20-24-72)78-64(103)49(37(11)89)83-65(50)104/h30-38,40-45,48-56,89,93-95,110H,19-29,72H2,1-18H3,(H2,73,91)(H2,74,92)(H2,75,96)(H2,76,97)(H,77,90)(H,78,103)(H,79,99)(H,80,105)(H,81,98)(H,82,106)(H,83,104)(H,84,102)(H,85,101)(H,86,100)/t32?,33?,34-,35+,36+,37+,38?,40+,41?,42?,43+,44-,45-,48-,49?,50?,51?,52+,53+,54?,55?,56-/m0/s1. The number of ether oxygens (including phenoxy) is 2. The van der Waals surface area contributed by atoms with Gasteiger partial charge in [0.25, 0.3) is 5.91 Å². The summed E-state index contributed by atoms with van der Waals surface area (Å²) in [6.45, 7) is 20.3. The van der Waals surface area contributed by atoms with E-state index in [1.54, 1.807) is 34.6 Å². The van der Waals surface area contributed by atoms with Crippen LogP contribution in [0, 0.1) is 41.4 Å². The molecule has 1 aliphatic rings. The molecule has 16 amide bonds. The van der Waals surface area contributed by atoms with Gasteiger partial charge in [0, 0.05) is 47.0 Å². The quantitative estimate of drug-likeness (QED) is 0.0257.